The summed E-state index contributed by atoms with van der Waals surface area (Å²) in [4.78, 5) is 0. The molecule has 5 rings (SSSR count). The Kier molecular flexibility index (Phi) is 7.42. The monoisotopic (exact) mass is 532 g/mol. The van der Waals surface area contributed by atoms with Crippen LogP contribution in [0, 0.1) is 46.8 Å². The fourth-order valence-electron chi connectivity index (χ4n) is 5.61. The van der Waals surface area contributed by atoms with E-state index in [9.17, 15) is 30.7 Å². The smallest absolute Gasteiger partial charge is 0.429 e. The van der Waals surface area contributed by atoms with Crippen LogP contribution in [0.4, 0.5) is 30.7 Å². The Balaban J connectivity index is 1.22. The van der Waals surface area contributed by atoms with Crippen molar-refractivity contribution in [3.8, 4) is 5.75 Å². The lowest BCUT2D eigenvalue weighted by molar-refractivity contribution is -0.238. The first-order valence-electron chi connectivity index (χ1n) is 12.6. The quantitative estimate of drug-likeness (QED) is 0.284. The second kappa shape index (κ2) is 10.4. The van der Waals surface area contributed by atoms with E-state index in [2.05, 4.69) is 4.74 Å². The van der Waals surface area contributed by atoms with Crippen LogP contribution in [0.2, 0.25) is 0 Å². The zero-order valence-electron chi connectivity index (χ0n) is 19.9. The SMILES string of the molecule is Fc1cc(OC(F)(F)c2c(F)cc(C3CCC(C4OCC(C5CCC5)CO4)CC3)cc2F)cc(F)c1F. The van der Waals surface area contributed by atoms with Crippen molar-refractivity contribution in [3.63, 3.8) is 0 Å². The maximum absolute atomic E-state index is 14.7. The molecule has 0 atom stereocenters. The van der Waals surface area contributed by atoms with Gasteiger partial charge in [0.2, 0.25) is 0 Å². The number of benzene rings is 2. The molecular weight excluding hydrogens is 505 g/mol. The van der Waals surface area contributed by atoms with Crippen LogP contribution < -0.4 is 4.74 Å². The van der Waals surface area contributed by atoms with Gasteiger partial charge >= 0.3 is 6.11 Å². The summed E-state index contributed by atoms with van der Waals surface area (Å²) in [5, 5.41) is 0. The molecule has 2 aromatic carbocycles. The highest BCUT2D eigenvalue weighted by atomic mass is 19.3. The van der Waals surface area contributed by atoms with E-state index in [1.165, 1.54) is 19.3 Å². The van der Waals surface area contributed by atoms with E-state index >= 15 is 0 Å². The van der Waals surface area contributed by atoms with E-state index in [0.717, 1.165) is 12.1 Å². The summed E-state index contributed by atoms with van der Waals surface area (Å²) in [7, 11) is 0. The topological polar surface area (TPSA) is 27.7 Å². The molecule has 1 heterocycles. The molecule has 0 bridgehead atoms. The highest BCUT2D eigenvalue weighted by Crippen LogP contribution is 2.43. The molecular formula is C27H27F7O3. The summed E-state index contributed by atoms with van der Waals surface area (Å²) in [6.07, 6.45) is 1.37. The van der Waals surface area contributed by atoms with Gasteiger partial charge in [0, 0.05) is 24.0 Å². The van der Waals surface area contributed by atoms with Crippen LogP contribution in [-0.4, -0.2) is 19.5 Å². The van der Waals surface area contributed by atoms with Crippen LogP contribution in [0.15, 0.2) is 24.3 Å². The van der Waals surface area contributed by atoms with Crippen molar-refractivity contribution >= 4 is 0 Å². The summed E-state index contributed by atoms with van der Waals surface area (Å²) < 4.78 is 115. The van der Waals surface area contributed by atoms with Crippen LogP contribution in [0.3, 0.4) is 0 Å². The van der Waals surface area contributed by atoms with Gasteiger partial charge < -0.3 is 14.2 Å². The second-order valence-corrected chi connectivity index (χ2v) is 10.3. The molecule has 2 aromatic rings. The number of rotatable bonds is 6. The molecule has 2 saturated carbocycles. The normalized spacial score (nSPS) is 27.1. The van der Waals surface area contributed by atoms with Crippen molar-refractivity contribution in [1.29, 1.82) is 0 Å². The highest BCUT2D eigenvalue weighted by Gasteiger charge is 2.42. The molecule has 0 amide bonds. The fraction of sp³-hybridized carbons (Fsp3) is 0.556. The van der Waals surface area contributed by atoms with Crippen LogP contribution in [0.5, 0.6) is 5.75 Å². The molecule has 1 aliphatic heterocycles. The van der Waals surface area contributed by atoms with E-state index in [4.69, 9.17) is 9.47 Å². The van der Waals surface area contributed by atoms with E-state index in [1.807, 2.05) is 0 Å². The Hall–Kier alpha value is -2.33. The molecule has 10 heteroatoms. The Labute approximate surface area is 209 Å². The maximum atomic E-state index is 14.7. The van der Waals surface area contributed by atoms with E-state index in [-0.39, 0.29) is 35.8 Å². The van der Waals surface area contributed by atoms with Gasteiger partial charge in [0.05, 0.1) is 13.2 Å². The van der Waals surface area contributed by atoms with Crippen LogP contribution in [0.25, 0.3) is 0 Å². The average Bonchev–Trinajstić information content (AvgIpc) is 2.81. The van der Waals surface area contributed by atoms with Gasteiger partial charge in [0.25, 0.3) is 0 Å². The predicted molar refractivity (Wildman–Crippen MR) is 118 cm³/mol. The first-order chi connectivity index (χ1) is 17.6. The minimum atomic E-state index is -4.60. The molecule has 3 nitrogen and oxygen atoms in total. The van der Waals surface area contributed by atoms with E-state index < -0.39 is 46.5 Å². The molecule has 0 spiro atoms. The zero-order chi connectivity index (χ0) is 26.3. The summed E-state index contributed by atoms with van der Waals surface area (Å²) in [6, 6.07) is 2.01. The third-order valence-corrected chi connectivity index (χ3v) is 7.95. The van der Waals surface area contributed by atoms with E-state index in [1.54, 1.807) is 0 Å². The number of hydrogen-bond acceptors (Lipinski definition) is 3. The average molecular weight is 532 g/mol. The lowest BCUT2D eigenvalue weighted by Crippen LogP contribution is -2.42. The summed E-state index contributed by atoms with van der Waals surface area (Å²) in [6.45, 7) is 1.36. The van der Waals surface area contributed by atoms with Gasteiger partial charge in [-0.15, -0.1) is 0 Å². The largest absolute Gasteiger partial charge is 0.432 e. The molecule has 37 heavy (non-hydrogen) atoms. The standard InChI is InChI=1S/C27H27F7O3/c28-20-8-17(9-21(29)24(20)27(33,34)37-19-10-22(30)25(32)23(31)11-19)15-4-6-16(7-5-15)26-35-12-18(13-36-26)14-2-1-3-14/h8-11,14-16,18,26H,1-7,12-13H2. The summed E-state index contributed by atoms with van der Waals surface area (Å²) >= 11 is 0. The Morgan fingerprint density at radius 2 is 1.24 bits per heavy atom. The molecule has 3 aliphatic rings. The molecule has 0 unspecified atom stereocenters. The van der Waals surface area contributed by atoms with E-state index in [0.29, 0.717) is 50.7 Å². The van der Waals surface area contributed by atoms with Crippen molar-refractivity contribution in [2.24, 2.45) is 17.8 Å². The maximum Gasteiger partial charge on any atom is 0.432 e. The van der Waals surface area contributed by atoms with Gasteiger partial charge in [0.1, 0.15) is 22.9 Å². The molecule has 3 fully saturated rings. The molecule has 202 valence electrons. The van der Waals surface area contributed by atoms with Gasteiger partial charge in [-0.3, -0.25) is 0 Å². The van der Waals surface area contributed by atoms with Crippen molar-refractivity contribution < 1.29 is 44.9 Å². The number of ether oxygens (including phenoxy) is 3. The Morgan fingerprint density at radius 1 is 0.676 bits per heavy atom. The van der Waals surface area contributed by atoms with Gasteiger partial charge in [-0.2, -0.15) is 8.78 Å². The third kappa shape index (κ3) is 5.46. The lowest BCUT2D eigenvalue weighted by Gasteiger charge is -2.41. The van der Waals surface area contributed by atoms with Crippen molar-refractivity contribution in [1.82, 2.24) is 0 Å². The summed E-state index contributed by atoms with van der Waals surface area (Å²) in [5.74, 6) is -8.62. The van der Waals surface area contributed by atoms with Gasteiger partial charge in [0.15, 0.2) is 23.7 Å². The fourth-order valence-corrected chi connectivity index (χ4v) is 5.61. The van der Waals surface area contributed by atoms with Gasteiger partial charge in [-0.1, -0.05) is 19.3 Å². The Morgan fingerprint density at radius 3 is 1.76 bits per heavy atom. The Bertz CT molecular complexity index is 1070. The molecule has 0 aromatic heterocycles. The first-order valence-corrected chi connectivity index (χ1v) is 12.6. The van der Waals surface area contributed by atoms with Crippen molar-refractivity contribution in [3.05, 3.63) is 64.5 Å². The van der Waals surface area contributed by atoms with Gasteiger partial charge in [-0.05, 0) is 55.2 Å². The number of hydrogen-bond donors (Lipinski definition) is 0. The van der Waals surface area contributed by atoms with Crippen LogP contribution >= 0.6 is 0 Å². The lowest BCUT2D eigenvalue weighted by atomic mass is 9.75. The highest BCUT2D eigenvalue weighted by molar-refractivity contribution is 5.33. The minimum absolute atomic E-state index is 0.154. The van der Waals surface area contributed by atoms with Crippen molar-refractivity contribution in [2.45, 2.75) is 63.3 Å². The predicted octanol–water partition coefficient (Wildman–Crippen LogP) is 7.57. The minimum Gasteiger partial charge on any atom is -0.429 e. The summed E-state index contributed by atoms with van der Waals surface area (Å²) in [5.41, 5.74) is -1.46. The second-order valence-electron chi connectivity index (χ2n) is 10.3. The number of halogens is 7. The zero-order valence-corrected chi connectivity index (χ0v) is 19.9. The van der Waals surface area contributed by atoms with Gasteiger partial charge in [-0.25, -0.2) is 22.0 Å². The van der Waals surface area contributed by atoms with Crippen molar-refractivity contribution in [2.75, 3.05) is 13.2 Å². The van der Waals surface area contributed by atoms with Crippen LogP contribution in [-0.2, 0) is 15.6 Å². The molecule has 0 radical (unpaired) electrons. The third-order valence-electron chi connectivity index (χ3n) is 7.95. The molecule has 2 aliphatic carbocycles. The number of alkyl halides is 2. The van der Waals surface area contributed by atoms with Crippen LogP contribution in [0.1, 0.15) is 62.0 Å². The first kappa shape index (κ1) is 26.3. The molecule has 1 saturated heterocycles. The molecule has 0 N–H and O–H groups in total.